The van der Waals surface area contributed by atoms with Gasteiger partial charge in [-0.3, -0.25) is 9.36 Å². The highest BCUT2D eigenvalue weighted by Crippen LogP contribution is 2.33. The molecule has 0 unspecified atom stereocenters. The summed E-state index contributed by atoms with van der Waals surface area (Å²) in [5.74, 6) is 0.545. The van der Waals surface area contributed by atoms with Gasteiger partial charge in [-0.25, -0.2) is 9.67 Å². The zero-order valence-electron chi connectivity index (χ0n) is 20.0. The van der Waals surface area contributed by atoms with Crippen molar-refractivity contribution in [1.29, 1.82) is 0 Å². The third-order valence-corrected chi connectivity index (χ3v) is 6.66. The molecule has 4 N–H and O–H groups in total. The molecular weight excluding hydrogens is 470 g/mol. The van der Waals surface area contributed by atoms with Crippen LogP contribution in [0.25, 0.3) is 17.1 Å². The lowest BCUT2D eigenvalue weighted by molar-refractivity contribution is -0.143. The molecular formula is C23H31N7O6. The summed E-state index contributed by atoms with van der Waals surface area (Å²) in [4.78, 5) is 25.6. The quantitative estimate of drug-likeness (QED) is 0.301. The van der Waals surface area contributed by atoms with Gasteiger partial charge in [-0.1, -0.05) is 12.8 Å². The highest BCUT2D eigenvalue weighted by Gasteiger charge is 2.44. The molecule has 2 aliphatic rings. The van der Waals surface area contributed by atoms with Gasteiger partial charge in [0, 0.05) is 18.7 Å². The smallest absolute Gasteiger partial charge is 0.306 e. The Labute approximate surface area is 207 Å². The van der Waals surface area contributed by atoms with Crippen LogP contribution in [-0.4, -0.2) is 88.2 Å². The molecule has 0 aromatic carbocycles. The maximum atomic E-state index is 11.7. The van der Waals surface area contributed by atoms with Gasteiger partial charge in [0.1, 0.15) is 18.3 Å². The molecule has 3 aromatic rings. The van der Waals surface area contributed by atoms with Gasteiger partial charge < -0.3 is 30.1 Å². The van der Waals surface area contributed by atoms with Gasteiger partial charge in [-0.05, 0) is 31.7 Å². The summed E-state index contributed by atoms with van der Waals surface area (Å²) in [6.45, 7) is 1.68. The van der Waals surface area contributed by atoms with Gasteiger partial charge in [-0.15, -0.1) is 0 Å². The van der Waals surface area contributed by atoms with E-state index in [0.29, 0.717) is 30.0 Å². The number of nitrogens with zero attached hydrogens (tertiary/aromatic N) is 6. The first kappa shape index (κ1) is 24.6. The first-order valence-electron chi connectivity index (χ1n) is 12.3. The number of esters is 1. The maximum absolute atomic E-state index is 11.7. The number of aliphatic hydroxyl groups excluding tert-OH is 3. The molecule has 1 aliphatic carbocycles. The number of hydrogen-bond acceptors (Lipinski definition) is 11. The summed E-state index contributed by atoms with van der Waals surface area (Å²) in [5, 5.41) is 38.2. The SMILES string of the molecule is CCOC(=O)CCc1cnn(-c2nc(NC3CCCC3)c3ncn([C@@H]4O[C@@H](CO)[C@H](O)[C@H]4O)c3n2)c1. The summed E-state index contributed by atoms with van der Waals surface area (Å²) < 4.78 is 13.8. The van der Waals surface area contributed by atoms with E-state index in [1.807, 2.05) is 0 Å². The fourth-order valence-corrected chi connectivity index (χ4v) is 4.75. The van der Waals surface area contributed by atoms with E-state index in [4.69, 9.17) is 14.5 Å². The van der Waals surface area contributed by atoms with Crippen molar-refractivity contribution in [2.45, 2.75) is 76.0 Å². The van der Waals surface area contributed by atoms with Crippen molar-refractivity contribution in [2.24, 2.45) is 0 Å². The molecule has 5 rings (SSSR count). The molecule has 36 heavy (non-hydrogen) atoms. The molecule has 0 bridgehead atoms. The van der Waals surface area contributed by atoms with E-state index in [-0.39, 0.29) is 24.4 Å². The van der Waals surface area contributed by atoms with Gasteiger partial charge >= 0.3 is 5.97 Å². The van der Waals surface area contributed by atoms with E-state index >= 15 is 0 Å². The first-order chi connectivity index (χ1) is 17.5. The van der Waals surface area contributed by atoms with E-state index in [2.05, 4.69) is 20.4 Å². The zero-order valence-corrected chi connectivity index (χ0v) is 20.0. The van der Waals surface area contributed by atoms with Gasteiger partial charge in [0.15, 0.2) is 23.2 Å². The number of nitrogens with one attached hydrogen (secondary N) is 1. The summed E-state index contributed by atoms with van der Waals surface area (Å²) in [6.07, 6.45) is 5.50. The Balaban J connectivity index is 1.49. The predicted molar refractivity (Wildman–Crippen MR) is 126 cm³/mol. The average molecular weight is 502 g/mol. The molecule has 1 saturated carbocycles. The monoisotopic (exact) mass is 501 g/mol. The number of aliphatic hydroxyl groups is 3. The summed E-state index contributed by atoms with van der Waals surface area (Å²) in [6, 6.07) is 0.257. The molecule has 0 amide bonds. The number of carbonyl (C=O) groups is 1. The van der Waals surface area contributed by atoms with Crippen molar-refractivity contribution >= 4 is 23.0 Å². The highest BCUT2D eigenvalue weighted by atomic mass is 16.6. The number of anilines is 1. The van der Waals surface area contributed by atoms with Crippen LogP contribution in [0.3, 0.4) is 0 Å². The van der Waals surface area contributed by atoms with E-state index in [1.165, 1.54) is 15.6 Å². The number of aromatic nitrogens is 6. The second kappa shape index (κ2) is 10.5. The molecule has 4 atom stereocenters. The minimum atomic E-state index is -1.27. The maximum Gasteiger partial charge on any atom is 0.306 e. The number of rotatable bonds is 9. The van der Waals surface area contributed by atoms with E-state index in [0.717, 1.165) is 31.2 Å². The minimum absolute atomic E-state index is 0.242. The molecule has 13 nitrogen and oxygen atoms in total. The van der Waals surface area contributed by atoms with Crippen molar-refractivity contribution in [3.63, 3.8) is 0 Å². The summed E-state index contributed by atoms with van der Waals surface area (Å²) in [7, 11) is 0. The van der Waals surface area contributed by atoms with Crippen molar-refractivity contribution in [3.05, 3.63) is 24.3 Å². The van der Waals surface area contributed by atoms with E-state index in [1.54, 1.807) is 19.3 Å². The minimum Gasteiger partial charge on any atom is -0.466 e. The number of ether oxygens (including phenoxy) is 2. The number of aryl methyl sites for hydroxylation is 1. The Bertz CT molecular complexity index is 1210. The van der Waals surface area contributed by atoms with Crippen LogP contribution in [0, 0.1) is 0 Å². The fraction of sp³-hybridized carbons (Fsp3) is 0.609. The van der Waals surface area contributed by atoms with Crippen LogP contribution in [-0.2, 0) is 20.7 Å². The number of imidazole rings is 1. The molecule has 2 fully saturated rings. The summed E-state index contributed by atoms with van der Waals surface area (Å²) in [5.41, 5.74) is 1.71. The van der Waals surface area contributed by atoms with Crippen molar-refractivity contribution in [3.8, 4) is 5.95 Å². The Morgan fingerprint density at radius 3 is 2.78 bits per heavy atom. The highest BCUT2D eigenvalue weighted by molar-refractivity contribution is 5.84. The lowest BCUT2D eigenvalue weighted by Crippen LogP contribution is -2.33. The number of hydrogen-bond donors (Lipinski definition) is 4. The van der Waals surface area contributed by atoms with Gasteiger partial charge in [0.2, 0.25) is 0 Å². The number of fused-ring (bicyclic) bond motifs is 1. The topological polar surface area (TPSA) is 170 Å². The lowest BCUT2D eigenvalue weighted by atomic mass is 10.1. The molecule has 1 aliphatic heterocycles. The second-order valence-corrected chi connectivity index (χ2v) is 9.15. The third-order valence-electron chi connectivity index (χ3n) is 6.66. The van der Waals surface area contributed by atoms with Crippen molar-refractivity contribution < 1.29 is 29.6 Å². The largest absolute Gasteiger partial charge is 0.466 e. The summed E-state index contributed by atoms with van der Waals surface area (Å²) >= 11 is 0. The van der Waals surface area contributed by atoms with Crippen molar-refractivity contribution in [2.75, 3.05) is 18.5 Å². The van der Waals surface area contributed by atoms with Crippen LogP contribution in [0.2, 0.25) is 0 Å². The van der Waals surface area contributed by atoms with E-state index < -0.39 is 31.1 Å². The third kappa shape index (κ3) is 4.78. The molecule has 1 saturated heterocycles. The molecule has 0 radical (unpaired) electrons. The predicted octanol–water partition coefficient (Wildman–Crippen LogP) is 0.474. The second-order valence-electron chi connectivity index (χ2n) is 9.15. The van der Waals surface area contributed by atoms with Crippen LogP contribution >= 0.6 is 0 Å². The van der Waals surface area contributed by atoms with Crippen LogP contribution < -0.4 is 5.32 Å². The molecule has 0 spiro atoms. The first-order valence-corrected chi connectivity index (χ1v) is 12.3. The number of carbonyl (C=O) groups excluding carboxylic acids is 1. The molecule has 4 heterocycles. The average Bonchev–Trinajstić information content (AvgIpc) is 3.67. The molecule has 13 heteroatoms. The standard InChI is InChI=1S/C23H31N7O6/c1-2-35-16(32)8-7-13-9-25-30(10-13)23-27-20(26-14-5-3-4-6-14)17-21(28-23)29(12-24-17)22-19(34)18(33)15(11-31)36-22/h9-10,12,14-15,18-19,22,31,33-34H,2-8,11H2,1H3,(H,26,27,28)/t15-,18-,19+,22+/m0/s1. The Morgan fingerprint density at radius 1 is 1.25 bits per heavy atom. The van der Waals surface area contributed by atoms with Crippen LogP contribution in [0.4, 0.5) is 5.82 Å². The van der Waals surface area contributed by atoms with Crippen molar-refractivity contribution in [1.82, 2.24) is 29.3 Å². The van der Waals surface area contributed by atoms with Gasteiger partial charge in [0.05, 0.1) is 25.7 Å². The van der Waals surface area contributed by atoms with Crippen LogP contribution in [0.1, 0.15) is 50.8 Å². The van der Waals surface area contributed by atoms with Gasteiger partial charge in [0.25, 0.3) is 5.95 Å². The Morgan fingerprint density at radius 2 is 2.06 bits per heavy atom. The fourth-order valence-electron chi connectivity index (χ4n) is 4.75. The van der Waals surface area contributed by atoms with E-state index in [9.17, 15) is 20.1 Å². The zero-order chi connectivity index (χ0) is 25.2. The normalized spacial score (nSPS) is 24.6. The Kier molecular flexibility index (Phi) is 7.14. The Hall–Kier alpha value is -3.13. The molecule has 3 aromatic heterocycles. The van der Waals surface area contributed by atoms with Crippen LogP contribution in [0.5, 0.6) is 0 Å². The van der Waals surface area contributed by atoms with Gasteiger partial charge in [-0.2, -0.15) is 15.1 Å². The lowest BCUT2D eigenvalue weighted by Gasteiger charge is -2.18. The molecule has 194 valence electrons. The van der Waals surface area contributed by atoms with Crippen LogP contribution in [0.15, 0.2) is 18.7 Å².